The minimum absolute atomic E-state index is 0.229. The van der Waals surface area contributed by atoms with Crippen LogP contribution in [-0.2, 0) is 14.2 Å². The second-order valence-electron chi connectivity index (χ2n) is 3.46. The van der Waals surface area contributed by atoms with Gasteiger partial charge in [-0.15, -0.1) is 0 Å². The van der Waals surface area contributed by atoms with Crippen molar-refractivity contribution in [2.24, 2.45) is 0 Å². The molecule has 100 valence electrons. The van der Waals surface area contributed by atoms with Crippen LogP contribution in [0, 0.1) is 0 Å². The lowest BCUT2D eigenvalue weighted by Gasteiger charge is -1.99. The van der Waals surface area contributed by atoms with E-state index in [0.717, 1.165) is 12.5 Å². The summed E-state index contributed by atoms with van der Waals surface area (Å²) in [4.78, 5) is 0. The summed E-state index contributed by atoms with van der Waals surface area (Å²) in [6.07, 6.45) is 3.42. The van der Waals surface area contributed by atoms with E-state index in [4.69, 9.17) is 9.47 Å². The Bertz CT molecular complexity index is 216. The van der Waals surface area contributed by atoms with Gasteiger partial charge in [-0.2, -0.15) is 0 Å². The summed E-state index contributed by atoms with van der Waals surface area (Å²) < 4.78 is 40.2. The topological polar surface area (TPSA) is 27.7 Å². The van der Waals surface area contributed by atoms with E-state index in [1.807, 2.05) is 0 Å². The van der Waals surface area contributed by atoms with Crippen LogP contribution in [0.4, 0.5) is 8.78 Å². The number of hydrogen-bond donors (Lipinski definition) is 0. The maximum atomic E-state index is 13.0. The van der Waals surface area contributed by atoms with E-state index in [9.17, 15) is 8.78 Å². The van der Waals surface area contributed by atoms with Crippen molar-refractivity contribution in [3.63, 3.8) is 0 Å². The molecule has 0 aromatic heterocycles. The molecule has 0 fully saturated rings. The van der Waals surface area contributed by atoms with E-state index >= 15 is 0 Å². The summed E-state index contributed by atoms with van der Waals surface area (Å²) >= 11 is 0. The molecule has 0 aromatic rings. The van der Waals surface area contributed by atoms with Crippen molar-refractivity contribution in [3.05, 3.63) is 24.2 Å². The highest BCUT2D eigenvalue weighted by atomic mass is 19.1. The van der Waals surface area contributed by atoms with Crippen molar-refractivity contribution >= 4 is 0 Å². The molecule has 3 nitrogen and oxygen atoms in total. The molecule has 0 aliphatic heterocycles. The lowest BCUT2D eigenvalue weighted by molar-refractivity contribution is 0.192. The highest BCUT2D eigenvalue weighted by molar-refractivity contribution is 4.90. The molecule has 0 radical (unpaired) electrons. The molecule has 0 heterocycles. The Kier molecular flexibility index (Phi) is 10.9. The third-order valence-electron chi connectivity index (χ3n) is 1.92. The second-order valence-corrected chi connectivity index (χ2v) is 3.46. The number of methoxy groups -OCH3 is 2. The van der Waals surface area contributed by atoms with Crippen LogP contribution in [0.1, 0.15) is 25.7 Å². The first-order valence-electron chi connectivity index (χ1n) is 5.53. The fourth-order valence-electron chi connectivity index (χ4n) is 1.07. The maximum absolute atomic E-state index is 13.0. The Balaban J connectivity index is 3.69. The molecule has 0 aliphatic carbocycles. The molecular weight excluding hydrogens is 230 g/mol. The summed E-state index contributed by atoms with van der Waals surface area (Å²) in [6.45, 7) is 0.977. The number of rotatable bonds is 10. The third-order valence-corrected chi connectivity index (χ3v) is 1.92. The van der Waals surface area contributed by atoms with Gasteiger partial charge in [0.2, 0.25) is 0 Å². The first-order valence-corrected chi connectivity index (χ1v) is 5.53. The van der Waals surface area contributed by atoms with Crippen LogP contribution in [-0.4, -0.2) is 27.4 Å². The second kappa shape index (κ2) is 11.5. The average molecular weight is 250 g/mol. The van der Waals surface area contributed by atoms with E-state index in [2.05, 4.69) is 4.74 Å². The zero-order valence-corrected chi connectivity index (χ0v) is 10.4. The average Bonchev–Trinajstić information content (AvgIpc) is 2.30. The molecule has 17 heavy (non-hydrogen) atoms. The van der Waals surface area contributed by atoms with Crippen LogP contribution in [0.2, 0.25) is 0 Å². The van der Waals surface area contributed by atoms with Gasteiger partial charge < -0.3 is 14.2 Å². The standard InChI is InChI=1S/C12H20F2O3/c1-15-7-3-5-11(13)9-17-10-12(14)6-4-8-16-2/h9-10H,3-8H2,1-2H3. The molecule has 0 saturated carbocycles. The first-order chi connectivity index (χ1) is 8.20. The molecule has 5 heteroatoms. The molecule has 0 saturated heterocycles. The van der Waals surface area contributed by atoms with Crippen LogP contribution in [0.5, 0.6) is 0 Å². The van der Waals surface area contributed by atoms with Gasteiger partial charge in [-0.3, -0.25) is 0 Å². The minimum atomic E-state index is -0.428. The van der Waals surface area contributed by atoms with Crippen LogP contribution < -0.4 is 0 Å². The minimum Gasteiger partial charge on any atom is -0.467 e. The number of hydrogen-bond acceptors (Lipinski definition) is 3. The smallest absolute Gasteiger partial charge is 0.135 e. The van der Waals surface area contributed by atoms with Crippen molar-refractivity contribution in [2.75, 3.05) is 27.4 Å². The molecule has 0 rings (SSSR count). The van der Waals surface area contributed by atoms with E-state index in [-0.39, 0.29) is 12.8 Å². The van der Waals surface area contributed by atoms with Crippen LogP contribution >= 0.6 is 0 Å². The highest BCUT2D eigenvalue weighted by Gasteiger charge is 1.97. The quantitative estimate of drug-likeness (QED) is 0.439. The fraction of sp³-hybridized carbons (Fsp3) is 0.667. The predicted octanol–water partition coefficient (Wildman–Crippen LogP) is 3.48. The normalized spacial score (nSPS) is 12.9. The SMILES string of the molecule is COCCCC(F)=COC=C(F)CCCOC. The summed E-state index contributed by atoms with van der Waals surface area (Å²) in [6, 6.07) is 0. The van der Waals surface area contributed by atoms with Gasteiger partial charge in [0, 0.05) is 40.3 Å². The Morgan fingerprint density at radius 3 is 1.65 bits per heavy atom. The van der Waals surface area contributed by atoms with Gasteiger partial charge in [-0.25, -0.2) is 8.78 Å². The van der Waals surface area contributed by atoms with Crippen molar-refractivity contribution in [3.8, 4) is 0 Å². The van der Waals surface area contributed by atoms with Crippen molar-refractivity contribution < 1.29 is 23.0 Å². The third kappa shape index (κ3) is 11.3. The molecule has 0 N–H and O–H groups in total. The molecule has 0 amide bonds. The molecule has 0 aliphatic rings. The zero-order chi connectivity index (χ0) is 12.9. The summed E-state index contributed by atoms with van der Waals surface area (Å²) in [7, 11) is 3.10. The molecule has 0 bridgehead atoms. The molecule has 0 aromatic carbocycles. The molecule has 0 atom stereocenters. The Hall–Kier alpha value is -0.940. The molecule has 0 unspecified atom stereocenters. The lowest BCUT2D eigenvalue weighted by Crippen LogP contribution is -1.89. The summed E-state index contributed by atoms with van der Waals surface area (Å²) in [5.74, 6) is -0.856. The molecule has 0 spiro atoms. The Morgan fingerprint density at radius 1 is 0.882 bits per heavy atom. The predicted molar refractivity (Wildman–Crippen MR) is 61.7 cm³/mol. The largest absolute Gasteiger partial charge is 0.467 e. The number of halogens is 2. The van der Waals surface area contributed by atoms with Crippen molar-refractivity contribution in [2.45, 2.75) is 25.7 Å². The van der Waals surface area contributed by atoms with E-state index in [1.165, 1.54) is 0 Å². The van der Waals surface area contributed by atoms with Gasteiger partial charge in [-0.1, -0.05) is 0 Å². The van der Waals surface area contributed by atoms with E-state index in [0.29, 0.717) is 26.1 Å². The Labute approximate surface area is 101 Å². The fourth-order valence-corrected chi connectivity index (χ4v) is 1.07. The van der Waals surface area contributed by atoms with E-state index in [1.54, 1.807) is 14.2 Å². The van der Waals surface area contributed by atoms with Crippen LogP contribution in [0.25, 0.3) is 0 Å². The monoisotopic (exact) mass is 250 g/mol. The summed E-state index contributed by atoms with van der Waals surface area (Å²) in [5, 5.41) is 0. The van der Waals surface area contributed by atoms with Gasteiger partial charge in [0.15, 0.2) is 0 Å². The first kappa shape index (κ1) is 16.1. The lowest BCUT2D eigenvalue weighted by atomic mass is 10.3. The highest BCUT2D eigenvalue weighted by Crippen LogP contribution is 2.10. The summed E-state index contributed by atoms with van der Waals surface area (Å²) in [5.41, 5.74) is 0. The van der Waals surface area contributed by atoms with Crippen LogP contribution in [0.3, 0.4) is 0 Å². The van der Waals surface area contributed by atoms with Gasteiger partial charge in [0.1, 0.15) is 24.2 Å². The number of ether oxygens (including phenoxy) is 3. The van der Waals surface area contributed by atoms with Gasteiger partial charge in [0.25, 0.3) is 0 Å². The van der Waals surface area contributed by atoms with Crippen LogP contribution in [0.15, 0.2) is 24.2 Å². The van der Waals surface area contributed by atoms with E-state index < -0.39 is 11.7 Å². The van der Waals surface area contributed by atoms with Gasteiger partial charge in [0.05, 0.1) is 0 Å². The molecular formula is C12H20F2O3. The van der Waals surface area contributed by atoms with Crippen molar-refractivity contribution in [1.29, 1.82) is 0 Å². The maximum Gasteiger partial charge on any atom is 0.135 e. The van der Waals surface area contributed by atoms with Gasteiger partial charge >= 0.3 is 0 Å². The van der Waals surface area contributed by atoms with Crippen molar-refractivity contribution in [1.82, 2.24) is 0 Å². The zero-order valence-electron chi connectivity index (χ0n) is 10.4. The Morgan fingerprint density at radius 2 is 1.29 bits per heavy atom. The van der Waals surface area contributed by atoms with Gasteiger partial charge in [-0.05, 0) is 12.8 Å². The number of allylic oxidation sites excluding steroid dienone is 2.